The molecular weight excluding hydrogens is 307 g/mol. The Labute approximate surface area is 101 Å². The number of hydrogen-bond donors (Lipinski definition) is 1. The summed E-state index contributed by atoms with van der Waals surface area (Å²) in [6, 6.07) is 3.75. The minimum absolute atomic E-state index is 0.193. The van der Waals surface area contributed by atoms with Gasteiger partial charge >= 0.3 is 0 Å². The molecular formula is C10H9IN2O2. The predicted molar refractivity (Wildman–Crippen MR) is 62.1 cm³/mol. The van der Waals surface area contributed by atoms with Crippen molar-refractivity contribution in [3.05, 3.63) is 27.6 Å². The summed E-state index contributed by atoms with van der Waals surface area (Å²) in [4.78, 5) is 26.7. The van der Waals surface area contributed by atoms with Crippen LogP contribution in [-0.4, -0.2) is 16.8 Å². The molecule has 1 unspecified atom stereocenters. The molecule has 0 aromatic carbocycles. The van der Waals surface area contributed by atoms with E-state index >= 15 is 0 Å². The highest BCUT2D eigenvalue weighted by atomic mass is 127. The van der Waals surface area contributed by atoms with Crippen LogP contribution in [0.1, 0.15) is 24.5 Å². The molecule has 1 aliphatic rings. The van der Waals surface area contributed by atoms with Gasteiger partial charge in [0.15, 0.2) is 0 Å². The number of piperidine rings is 1. The van der Waals surface area contributed by atoms with E-state index in [-0.39, 0.29) is 17.7 Å². The molecule has 1 aliphatic heterocycles. The fourth-order valence-corrected chi connectivity index (χ4v) is 2.07. The minimum Gasteiger partial charge on any atom is -0.296 e. The van der Waals surface area contributed by atoms with Crippen LogP contribution in [0.5, 0.6) is 0 Å². The highest BCUT2D eigenvalue weighted by Crippen LogP contribution is 2.23. The van der Waals surface area contributed by atoms with Crippen molar-refractivity contribution in [3.8, 4) is 0 Å². The van der Waals surface area contributed by atoms with Crippen molar-refractivity contribution in [1.82, 2.24) is 10.3 Å². The Morgan fingerprint density at radius 3 is 2.93 bits per heavy atom. The number of aromatic nitrogens is 1. The van der Waals surface area contributed by atoms with Crippen molar-refractivity contribution in [3.63, 3.8) is 0 Å². The van der Waals surface area contributed by atoms with E-state index in [0.717, 1.165) is 9.26 Å². The third-order valence-electron chi connectivity index (χ3n) is 2.34. The monoisotopic (exact) mass is 316 g/mol. The molecule has 1 saturated heterocycles. The topological polar surface area (TPSA) is 59.1 Å². The van der Waals surface area contributed by atoms with Gasteiger partial charge in [0.1, 0.15) is 0 Å². The van der Waals surface area contributed by atoms with E-state index in [2.05, 4.69) is 32.9 Å². The number of imide groups is 1. The predicted octanol–water partition coefficient (Wildman–Crippen LogP) is 1.21. The van der Waals surface area contributed by atoms with Crippen LogP contribution in [-0.2, 0) is 9.59 Å². The Morgan fingerprint density at radius 1 is 1.47 bits per heavy atom. The van der Waals surface area contributed by atoms with Crippen molar-refractivity contribution in [2.75, 3.05) is 0 Å². The zero-order valence-electron chi connectivity index (χ0n) is 7.87. The van der Waals surface area contributed by atoms with Crippen LogP contribution in [0.3, 0.4) is 0 Å². The molecule has 1 aromatic heterocycles. The molecule has 1 fully saturated rings. The lowest BCUT2D eigenvalue weighted by Gasteiger charge is -2.20. The van der Waals surface area contributed by atoms with Gasteiger partial charge in [0.2, 0.25) is 11.8 Å². The van der Waals surface area contributed by atoms with Gasteiger partial charge in [0.05, 0.1) is 11.6 Å². The first-order valence-corrected chi connectivity index (χ1v) is 5.70. The normalized spacial score (nSPS) is 21.3. The molecule has 0 spiro atoms. The maximum Gasteiger partial charge on any atom is 0.235 e. The number of carbonyl (C=O) groups excluding carboxylic acids is 2. The Bertz CT molecular complexity index is 420. The molecule has 0 saturated carbocycles. The van der Waals surface area contributed by atoms with Crippen LogP contribution in [0.15, 0.2) is 18.3 Å². The quantitative estimate of drug-likeness (QED) is 0.626. The lowest BCUT2D eigenvalue weighted by atomic mass is 9.94. The average molecular weight is 316 g/mol. The maximum atomic E-state index is 11.5. The second kappa shape index (κ2) is 4.26. The fourth-order valence-electron chi connectivity index (χ4n) is 1.59. The summed E-state index contributed by atoms with van der Waals surface area (Å²) >= 11 is 2.17. The van der Waals surface area contributed by atoms with Gasteiger partial charge in [-0.1, -0.05) is 0 Å². The molecule has 2 amide bonds. The molecule has 0 bridgehead atoms. The van der Waals surface area contributed by atoms with Gasteiger partial charge < -0.3 is 0 Å². The first kappa shape index (κ1) is 10.5. The van der Waals surface area contributed by atoms with Gasteiger partial charge in [-0.25, -0.2) is 0 Å². The van der Waals surface area contributed by atoms with Crippen LogP contribution in [0, 0.1) is 3.57 Å². The zero-order chi connectivity index (χ0) is 10.8. The van der Waals surface area contributed by atoms with Crippen LogP contribution >= 0.6 is 22.6 Å². The summed E-state index contributed by atoms with van der Waals surface area (Å²) in [6.45, 7) is 0. The highest BCUT2D eigenvalue weighted by molar-refractivity contribution is 14.1. The van der Waals surface area contributed by atoms with Gasteiger partial charge in [0, 0.05) is 16.2 Å². The van der Waals surface area contributed by atoms with Crippen LogP contribution in [0.4, 0.5) is 0 Å². The van der Waals surface area contributed by atoms with Crippen LogP contribution < -0.4 is 5.32 Å². The number of pyridine rings is 1. The summed E-state index contributed by atoms with van der Waals surface area (Å²) < 4.78 is 1.04. The van der Waals surface area contributed by atoms with E-state index in [9.17, 15) is 9.59 Å². The smallest absolute Gasteiger partial charge is 0.235 e. The van der Waals surface area contributed by atoms with Crippen molar-refractivity contribution in [2.24, 2.45) is 0 Å². The van der Waals surface area contributed by atoms with Gasteiger partial charge in [-0.2, -0.15) is 0 Å². The Morgan fingerprint density at radius 2 is 2.27 bits per heavy atom. The Kier molecular flexibility index (Phi) is 2.99. The summed E-state index contributed by atoms with van der Waals surface area (Å²) in [7, 11) is 0. The van der Waals surface area contributed by atoms with E-state index in [1.54, 1.807) is 6.20 Å². The number of carbonyl (C=O) groups is 2. The molecule has 1 N–H and O–H groups in total. The fraction of sp³-hybridized carbons (Fsp3) is 0.300. The SMILES string of the molecule is O=C1CCC(c2cc(I)ccn2)C(=O)N1. The van der Waals surface area contributed by atoms with Crippen molar-refractivity contribution >= 4 is 34.4 Å². The third-order valence-corrected chi connectivity index (χ3v) is 3.01. The minimum atomic E-state index is -0.280. The van der Waals surface area contributed by atoms with E-state index in [0.29, 0.717) is 12.8 Å². The van der Waals surface area contributed by atoms with E-state index in [1.807, 2.05) is 12.1 Å². The van der Waals surface area contributed by atoms with E-state index < -0.39 is 0 Å². The van der Waals surface area contributed by atoms with E-state index in [1.165, 1.54) is 0 Å². The molecule has 0 radical (unpaired) electrons. The number of halogens is 1. The molecule has 78 valence electrons. The summed E-state index contributed by atoms with van der Waals surface area (Å²) in [5.41, 5.74) is 0.743. The van der Waals surface area contributed by atoms with Crippen molar-refractivity contribution in [1.29, 1.82) is 0 Å². The number of amides is 2. The van der Waals surface area contributed by atoms with Crippen LogP contribution in [0.25, 0.3) is 0 Å². The Hall–Kier alpha value is -0.980. The molecule has 1 atom stereocenters. The third kappa shape index (κ3) is 2.34. The van der Waals surface area contributed by atoms with Crippen molar-refractivity contribution < 1.29 is 9.59 Å². The first-order valence-electron chi connectivity index (χ1n) is 4.62. The zero-order valence-corrected chi connectivity index (χ0v) is 10.0. The van der Waals surface area contributed by atoms with E-state index in [4.69, 9.17) is 0 Å². The summed E-state index contributed by atoms with van der Waals surface area (Å²) in [5.74, 6) is -0.708. The average Bonchev–Trinajstić information content (AvgIpc) is 2.17. The molecule has 4 nitrogen and oxygen atoms in total. The van der Waals surface area contributed by atoms with Gasteiger partial charge in [-0.05, 0) is 41.1 Å². The molecule has 2 rings (SSSR count). The summed E-state index contributed by atoms with van der Waals surface area (Å²) in [5, 5.41) is 2.33. The van der Waals surface area contributed by atoms with Crippen molar-refractivity contribution in [2.45, 2.75) is 18.8 Å². The molecule has 0 aliphatic carbocycles. The lowest BCUT2D eigenvalue weighted by molar-refractivity contribution is -0.134. The number of nitrogens with zero attached hydrogens (tertiary/aromatic N) is 1. The first-order chi connectivity index (χ1) is 7.16. The Balaban J connectivity index is 2.24. The molecule has 15 heavy (non-hydrogen) atoms. The standard InChI is InChI=1S/C10H9IN2O2/c11-6-3-4-12-8(5-6)7-1-2-9(14)13-10(7)15/h3-5,7H,1-2H2,(H,13,14,15). The lowest BCUT2D eigenvalue weighted by Crippen LogP contribution is -2.39. The second-order valence-corrected chi connectivity index (χ2v) is 4.65. The molecule has 5 heteroatoms. The maximum absolute atomic E-state index is 11.5. The van der Waals surface area contributed by atoms with Crippen LogP contribution in [0.2, 0.25) is 0 Å². The number of hydrogen-bond acceptors (Lipinski definition) is 3. The highest BCUT2D eigenvalue weighted by Gasteiger charge is 2.28. The largest absolute Gasteiger partial charge is 0.296 e. The summed E-state index contributed by atoms with van der Waals surface area (Å²) in [6.07, 6.45) is 2.63. The molecule has 1 aromatic rings. The van der Waals surface area contributed by atoms with Gasteiger partial charge in [-0.3, -0.25) is 19.9 Å². The number of rotatable bonds is 1. The second-order valence-electron chi connectivity index (χ2n) is 3.40. The van der Waals surface area contributed by atoms with Gasteiger partial charge in [-0.15, -0.1) is 0 Å². The molecule has 2 heterocycles. The van der Waals surface area contributed by atoms with Gasteiger partial charge in [0.25, 0.3) is 0 Å². The number of nitrogens with one attached hydrogen (secondary N) is 1.